The third kappa shape index (κ3) is 3.37. The van der Waals surface area contributed by atoms with Crippen molar-refractivity contribution in [2.75, 3.05) is 4.90 Å². The highest BCUT2D eigenvalue weighted by Crippen LogP contribution is 2.53. The Morgan fingerprint density at radius 3 is 1.48 bits per heavy atom. The minimum atomic E-state index is -0.0834. The lowest BCUT2D eigenvalue weighted by Crippen LogP contribution is -2.18. The molecule has 44 heavy (non-hydrogen) atoms. The van der Waals surface area contributed by atoms with Gasteiger partial charge >= 0.3 is 0 Å². The Kier molecular flexibility index (Phi) is 5.05. The molecule has 0 radical (unpaired) electrons. The number of fused-ring (bicyclic) bond motifs is 9. The zero-order valence-electron chi connectivity index (χ0n) is 25.5. The normalized spacial score (nSPS) is 15.2. The Morgan fingerprint density at radius 2 is 0.864 bits per heavy atom. The molecule has 0 fully saturated rings. The van der Waals surface area contributed by atoms with Crippen molar-refractivity contribution in [3.63, 3.8) is 0 Å². The first-order valence-corrected chi connectivity index (χ1v) is 15.5. The minimum Gasteiger partial charge on any atom is -0.456 e. The number of rotatable bonds is 3. The third-order valence-corrected chi connectivity index (χ3v) is 10.3. The highest BCUT2D eigenvalue weighted by molar-refractivity contribution is 6.06. The number of para-hydroxylation sites is 1. The van der Waals surface area contributed by atoms with Crippen LogP contribution in [0.5, 0.6) is 0 Å². The van der Waals surface area contributed by atoms with Crippen molar-refractivity contribution >= 4 is 39.0 Å². The van der Waals surface area contributed by atoms with Gasteiger partial charge in [0.05, 0.1) is 0 Å². The van der Waals surface area contributed by atoms with Gasteiger partial charge in [-0.05, 0) is 93.0 Å². The Balaban J connectivity index is 1.28. The average Bonchev–Trinajstić information content (AvgIpc) is 3.61. The standard InChI is InChI=1S/C42H33NO/c1-41(2)35-14-8-5-11-29(35)31-20-17-27(24-37(31)41)43(26-19-22-40-34(23-26)33-13-7-10-16-39(33)44-40)28-18-21-32-30-12-6-9-15-36(30)42(3,4)38(32)25-28/h5-25H,1-4H3. The maximum absolute atomic E-state index is 6.23. The lowest BCUT2D eigenvalue weighted by molar-refractivity contribution is 0.660. The van der Waals surface area contributed by atoms with Gasteiger partial charge in [-0.3, -0.25) is 0 Å². The van der Waals surface area contributed by atoms with Gasteiger partial charge in [0.1, 0.15) is 11.2 Å². The number of hydrogen-bond acceptors (Lipinski definition) is 2. The van der Waals surface area contributed by atoms with E-state index in [4.69, 9.17) is 4.42 Å². The second-order valence-corrected chi connectivity index (χ2v) is 13.4. The smallest absolute Gasteiger partial charge is 0.135 e. The fourth-order valence-corrected chi connectivity index (χ4v) is 7.96. The van der Waals surface area contributed by atoms with Crippen molar-refractivity contribution in [1.29, 1.82) is 0 Å². The Morgan fingerprint density at radius 1 is 0.409 bits per heavy atom. The molecule has 0 spiro atoms. The first-order chi connectivity index (χ1) is 21.3. The van der Waals surface area contributed by atoms with E-state index in [-0.39, 0.29) is 10.8 Å². The maximum atomic E-state index is 6.23. The van der Waals surface area contributed by atoms with Crippen molar-refractivity contribution < 1.29 is 4.42 Å². The second-order valence-electron chi connectivity index (χ2n) is 13.4. The summed E-state index contributed by atoms with van der Waals surface area (Å²) in [5, 5.41) is 2.27. The van der Waals surface area contributed by atoms with Crippen LogP contribution in [-0.4, -0.2) is 0 Å². The molecule has 0 atom stereocenters. The summed E-state index contributed by atoms with van der Waals surface area (Å²) in [5.74, 6) is 0. The van der Waals surface area contributed by atoms with E-state index >= 15 is 0 Å². The summed E-state index contributed by atoms with van der Waals surface area (Å²) in [7, 11) is 0. The molecule has 0 saturated carbocycles. The van der Waals surface area contributed by atoms with Crippen molar-refractivity contribution in [3.05, 3.63) is 150 Å². The summed E-state index contributed by atoms with van der Waals surface area (Å²) < 4.78 is 6.23. The summed E-state index contributed by atoms with van der Waals surface area (Å²) >= 11 is 0. The van der Waals surface area contributed by atoms with Crippen LogP contribution in [0.25, 0.3) is 44.2 Å². The number of nitrogens with zero attached hydrogens (tertiary/aromatic N) is 1. The lowest BCUT2D eigenvalue weighted by Gasteiger charge is -2.29. The van der Waals surface area contributed by atoms with Crippen LogP contribution in [0.15, 0.2) is 132 Å². The van der Waals surface area contributed by atoms with Crippen LogP contribution in [0, 0.1) is 0 Å². The van der Waals surface area contributed by atoms with Gasteiger partial charge in [-0.25, -0.2) is 0 Å². The van der Waals surface area contributed by atoms with Gasteiger partial charge in [0.2, 0.25) is 0 Å². The van der Waals surface area contributed by atoms with Crippen LogP contribution in [-0.2, 0) is 10.8 Å². The highest BCUT2D eigenvalue weighted by Gasteiger charge is 2.37. The molecule has 0 unspecified atom stereocenters. The zero-order chi connectivity index (χ0) is 29.8. The number of furan rings is 1. The summed E-state index contributed by atoms with van der Waals surface area (Å²) in [6.07, 6.45) is 0. The molecule has 9 rings (SSSR count). The van der Waals surface area contributed by atoms with Gasteiger partial charge in [0.15, 0.2) is 0 Å². The molecule has 0 N–H and O–H groups in total. The van der Waals surface area contributed by atoms with Gasteiger partial charge in [-0.1, -0.05) is 107 Å². The Bertz CT molecular complexity index is 2190. The van der Waals surface area contributed by atoms with Crippen LogP contribution in [0.4, 0.5) is 17.1 Å². The van der Waals surface area contributed by atoms with E-state index in [0.29, 0.717) is 0 Å². The first kappa shape index (κ1) is 25.4. The SMILES string of the molecule is CC1(C)c2ccccc2-c2ccc(N(c3ccc4c(c3)C(C)(C)c3ccccc3-4)c3ccc4oc5ccccc5c4c3)cc21. The molecule has 1 heterocycles. The number of hydrogen-bond donors (Lipinski definition) is 0. The van der Waals surface area contributed by atoms with Crippen molar-refractivity contribution in [2.45, 2.75) is 38.5 Å². The first-order valence-electron chi connectivity index (χ1n) is 15.5. The average molecular weight is 568 g/mol. The Hall–Kier alpha value is -5.08. The van der Waals surface area contributed by atoms with Gasteiger partial charge in [0, 0.05) is 38.7 Å². The largest absolute Gasteiger partial charge is 0.456 e. The molecule has 0 amide bonds. The summed E-state index contributed by atoms with van der Waals surface area (Å²) in [6.45, 7) is 9.41. The summed E-state index contributed by atoms with van der Waals surface area (Å²) in [4.78, 5) is 2.43. The van der Waals surface area contributed by atoms with Crippen molar-refractivity contribution in [2.24, 2.45) is 0 Å². The van der Waals surface area contributed by atoms with Crippen LogP contribution in [0.3, 0.4) is 0 Å². The zero-order valence-corrected chi connectivity index (χ0v) is 25.5. The molecule has 0 saturated heterocycles. The molecule has 1 aromatic heterocycles. The molecule has 2 heteroatoms. The molecular weight excluding hydrogens is 534 g/mol. The maximum Gasteiger partial charge on any atom is 0.135 e. The van der Waals surface area contributed by atoms with E-state index in [1.165, 1.54) is 44.5 Å². The molecule has 0 aliphatic heterocycles. The molecule has 2 aliphatic rings. The second kappa shape index (κ2) is 8.74. The van der Waals surface area contributed by atoms with Crippen LogP contribution in [0.1, 0.15) is 49.9 Å². The summed E-state index contributed by atoms with van der Waals surface area (Å²) in [5.41, 5.74) is 15.9. The third-order valence-electron chi connectivity index (χ3n) is 10.3. The number of benzene rings is 6. The molecule has 7 aromatic rings. The van der Waals surface area contributed by atoms with E-state index in [9.17, 15) is 0 Å². The quantitative estimate of drug-likeness (QED) is 0.211. The van der Waals surface area contributed by atoms with E-state index in [2.05, 4.69) is 148 Å². The highest BCUT2D eigenvalue weighted by atomic mass is 16.3. The van der Waals surface area contributed by atoms with Crippen molar-refractivity contribution in [1.82, 2.24) is 0 Å². The van der Waals surface area contributed by atoms with Gasteiger partial charge in [-0.2, -0.15) is 0 Å². The predicted octanol–water partition coefficient (Wildman–Crippen LogP) is 11.7. The van der Waals surface area contributed by atoms with Crippen LogP contribution < -0.4 is 4.90 Å². The van der Waals surface area contributed by atoms with Crippen LogP contribution >= 0.6 is 0 Å². The summed E-state index contributed by atoms with van der Waals surface area (Å²) in [6, 6.07) is 46.7. The van der Waals surface area contributed by atoms with E-state index in [0.717, 1.165) is 39.0 Å². The minimum absolute atomic E-state index is 0.0834. The fraction of sp³-hybridized carbons (Fsp3) is 0.143. The van der Waals surface area contributed by atoms with Gasteiger partial charge in [-0.15, -0.1) is 0 Å². The molecule has 212 valence electrons. The monoisotopic (exact) mass is 567 g/mol. The van der Waals surface area contributed by atoms with Gasteiger partial charge in [0.25, 0.3) is 0 Å². The van der Waals surface area contributed by atoms with E-state index in [1.807, 2.05) is 12.1 Å². The molecular formula is C42H33NO. The van der Waals surface area contributed by atoms with Gasteiger partial charge < -0.3 is 9.32 Å². The van der Waals surface area contributed by atoms with E-state index in [1.54, 1.807) is 0 Å². The fourth-order valence-electron chi connectivity index (χ4n) is 7.96. The number of anilines is 3. The molecule has 2 aliphatic carbocycles. The molecule has 0 bridgehead atoms. The lowest BCUT2D eigenvalue weighted by atomic mass is 9.82. The Labute approximate surface area is 258 Å². The molecule has 2 nitrogen and oxygen atoms in total. The van der Waals surface area contributed by atoms with E-state index < -0.39 is 0 Å². The van der Waals surface area contributed by atoms with Crippen LogP contribution in [0.2, 0.25) is 0 Å². The van der Waals surface area contributed by atoms with Crippen molar-refractivity contribution in [3.8, 4) is 22.3 Å². The molecule has 6 aromatic carbocycles. The topological polar surface area (TPSA) is 16.4 Å². The predicted molar refractivity (Wildman–Crippen MR) is 184 cm³/mol.